The number of carbonyl (C=O) groups excluding carboxylic acids is 2. The molecule has 0 atom stereocenters. The van der Waals surface area contributed by atoms with Crippen LogP contribution in [0.25, 0.3) is 11.1 Å². The number of hydrogen-bond donors (Lipinski definition) is 1. The van der Waals surface area contributed by atoms with Gasteiger partial charge < -0.3 is 15.1 Å². The number of nitrogens with zero attached hydrogens (tertiary/aromatic N) is 2. The van der Waals surface area contributed by atoms with Crippen LogP contribution in [0.1, 0.15) is 39.1 Å². The molecule has 152 valence electrons. The maximum Gasteiger partial charge on any atom is 0.254 e. The van der Waals surface area contributed by atoms with E-state index >= 15 is 0 Å². The molecule has 0 aliphatic carbocycles. The predicted molar refractivity (Wildman–Crippen MR) is 111 cm³/mol. The normalized spacial score (nSPS) is 16.8. The third-order valence-corrected chi connectivity index (χ3v) is 5.93. The maximum atomic E-state index is 14.6. The zero-order chi connectivity index (χ0) is 20.4. The van der Waals surface area contributed by atoms with Crippen molar-refractivity contribution in [1.29, 1.82) is 0 Å². The average Bonchev–Trinajstić information content (AvgIpc) is 3.26. The number of nitrogens with one attached hydrogen (secondary N) is 1. The number of hydrogen-bond acceptors (Lipinski definition) is 3. The highest BCUT2D eigenvalue weighted by Gasteiger charge is 2.25. The van der Waals surface area contributed by atoms with Crippen LogP contribution in [-0.2, 0) is 6.42 Å². The van der Waals surface area contributed by atoms with Gasteiger partial charge in [0.2, 0.25) is 0 Å². The molecule has 1 N–H and O–H groups in total. The molecule has 0 radical (unpaired) electrons. The van der Waals surface area contributed by atoms with Crippen LogP contribution in [0.5, 0.6) is 0 Å². The van der Waals surface area contributed by atoms with Gasteiger partial charge in [0.25, 0.3) is 11.8 Å². The van der Waals surface area contributed by atoms with Crippen molar-refractivity contribution in [3.05, 3.63) is 58.9 Å². The first-order valence-electron chi connectivity index (χ1n) is 10.2. The van der Waals surface area contributed by atoms with Gasteiger partial charge in [0, 0.05) is 43.4 Å². The van der Waals surface area contributed by atoms with Crippen molar-refractivity contribution in [3.8, 4) is 11.1 Å². The molecule has 0 unspecified atom stereocenters. The van der Waals surface area contributed by atoms with Gasteiger partial charge in [-0.1, -0.05) is 18.2 Å². The van der Waals surface area contributed by atoms with Crippen LogP contribution in [0.2, 0.25) is 0 Å². The predicted octanol–water partition coefficient (Wildman–Crippen LogP) is 2.95. The first-order valence-corrected chi connectivity index (χ1v) is 10.2. The molecular formula is C23H26FN3O2. The minimum absolute atomic E-state index is 0.0624. The van der Waals surface area contributed by atoms with Gasteiger partial charge in [-0.05, 0) is 61.7 Å². The third-order valence-electron chi connectivity index (χ3n) is 5.93. The van der Waals surface area contributed by atoms with Gasteiger partial charge in [-0.25, -0.2) is 4.39 Å². The number of fused-ring (bicyclic) bond motifs is 1. The van der Waals surface area contributed by atoms with Gasteiger partial charge >= 0.3 is 0 Å². The second-order valence-electron chi connectivity index (χ2n) is 7.74. The Morgan fingerprint density at radius 1 is 1.03 bits per heavy atom. The van der Waals surface area contributed by atoms with Gasteiger partial charge in [-0.15, -0.1) is 0 Å². The summed E-state index contributed by atoms with van der Waals surface area (Å²) in [5.41, 5.74) is 3.12. The SMILES string of the molecule is CNC(=O)c1ccc(-c2ccc3c(c2)CCN(CCN2CCCC2)C3=O)c(F)c1. The van der Waals surface area contributed by atoms with E-state index in [1.165, 1.54) is 26.0 Å². The van der Waals surface area contributed by atoms with Crippen molar-refractivity contribution in [2.45, 2.75) is 19.3 Å². The molecule has 4 rings (SSSR count). The zero-order valence-electron chi connectivity index (χ0n) is 16.7. The van der Waals surface area contributed by atoms with E-state index in [9.17, 15) is 14.0 Å². The van der Waals surface area contributed by atoms with Gasteiger partial charge in [0.1, 0.15) is 5.82 Å². The van der Waals surface area contributed by atoms with E-state index in [1.54, 1.807) is 24.3 Å². The zero-order valence-corrected chi connectivity index (χ0v) is 16.7. The number of halogens is 1. The fraction of sp³-hybridized carbons (Fsp3) is 0.391. The van der Waals surface area contributed by atoms with Gasteiger partial charge in [0.05, 0.1) is 0 Å². The molecule has 2 amide bonds. The molecular weight excluding hydrogens is 369 g/mol. The Hall–Kier alpha value is -2.73. The lowest BCUT2D eigenvalue weighted by Gasteiger charge is -2.30. The molecule has 1 saturated heterocycles. The smallest absolute Gasteiger partial charge is 0.254 e. The molecule has 0 aromatic heterocycles. The molecule has 5 nitrogen and oxygen atoms in total. The minimum atomic E-state index is -0.444. The summed E-state index contributed by atoms with van der Waals surface area (Å²) in [7, 11) is 1.52. The Kier molecular flexibility index (Phi) is 5.62. The van der Waals surface area contributed by atoms with E-state index in [-0.39, 0.29) is 17.4 Å². The first-order chi connectivity index (χ1) is 14.1. The molecule has 2 aromatic carbocycles. The highest BCUT2D eigenvalue weighted by molar-refractivity contribution is 5.97. The maximum absolute atomic E-state index is 14.6. The number of rotatable bonds is 5. The number of amides is 2. The second kappa shape index (κ2) is 8.33. The summed E-state index contributed by atoms with van der Waals surface area (Å²) < 4.78 is 14.6. The van der Waals surface area contributed by atoms with Crippen LogP contribution in [0.3, 0.4) is 0 Å². The molecule has 0 saturated carbocycles. The summed E-state index contributed by atoms with van der Waals surface area (Å²) in [4.78, 5) is 28.9. The molecule has 2 aliphatic rings. The van der Waals surface area contributed by atoms with Crippen molar-refractivity contribution in [2.24, 2.45) is 0 Å². The third kappa shape index (κ3) is 4.03. The van der Waals surface area contributed by atoms with E-state index in [1.807, 2.05) is 11.0 Å². The van der Waals surface area contributed by atoms with Crippen molar-refractivity contribution in [2.75, 3.05) is 39.8 Å². The Morgan fingerprint density at radius 2 is 1.79 bits per heavy atom. The van der Waals surface area contributed by atoms with Crippen LogP contribution in [0.15, 0.2) is 36.4 Å². The summed E-state index contributed by atoms with van der Waals surface area (Å²) in [6.07, 6.45) is 3.27. The summed E-state index contributed by atoms with van der Waals surface area (Å²) in [6, 6.07) is 9.98. The van der Waals surface area contributed by atoms with E-state index in [4.69, 9.17) is 0 Å². The molecule has 2 heterocycles. The van der Waals surface area contributed by atoms with Gasteiger partial charge in [0.15, 0.2) is 0 Å². The molecule has 2 aliphatic heterocycles. The Labute approximate surface area is 170 Å². The second-order valence-corrected chi connectivity index (χ2v) is 7.74. The number of carbonyl (C=O) groups is 2. The van der Waals surface area contributed by atoms with Crippen LogP contribution in [0, 0.1) is 5.82 Å². The van der Waals surface area contributed by atoms with Crippen LogP contribution in [-0.4, -0.2) is 61.4 Å². The van der Waals surface area contributed by atoms with Gasteiger partial charge in [-0.3, -0.25) is 9.59 Å². The largest absolute Gasteiger partial charge is 0.355 e. The lowest BCUT2D eigenvalue weighted by molar-refractivity contribution is 0.0724. The molecule has 29 heavy (non-hydrogen) atoms. The van der Waals surface area contributed by atoms with Crippen molar-refractivity contribution in [3.63, 3.8) is 0 Å². The van der Waals surface area contributed by atoms with Crippen LogP contribution < -0.4 is 5.32 Å². The van der Waals surface area contributed by atoms with E-state index < -0.39 is 5.82 Å². The standard InChI is InChI=1S/C23H26FN3O2/c1-25-22(28)18-5-6-19(21(24)15-18)16-4-7-20-17(14-16)8-11-27(23(20)29)13-12-26-9-2-3-10-26/h4-7,14-15H,2-3,8-13H2,1H3,(H,25,28). The molecule has 2 aromatic rings. The fourth-order valence-electron chi connectivity index (χ4n) is 4.22. The Balaban J connectivity index is 1.51. The fourth-order valence-corrected chi connectivity index (χ4v) is 4.22. The van der Waals surface area contributed by atoms with Crippen LogP contribution >= 0.6 is 0 Å². The summed E-state index contributed by atoms with van der Waals surface area (Å²) >= 11 is 0. The molecule has 1 fully saturated rings. The minimum Gasteiger partial charge on any atom is -0.355 e. The van der Waals surface area contributed by atoms with E-state index in [0.717, 1.165) is 43.7 Å². The number of benzene rings is 2. The highest BCUT2D eigenvalue weighted by atomic mass is 19.1. The Bertz CT molecular complexity index is 938. The molecule has 0 bridgehead atoms. The van der Waals surface area contributed by atoms with Crippen molar-refractivity contribution in [1.82, 2.24) is 15.1 Å². The summed E-state index contributed by atoms with van der Waals surface area (Å²) in [6.45, 7) is 4.65. The summed E-state index contributed by atoms with van der Waals surface area (Å²) in [5.74, 6) is -0.701. The van der Waals surface area contributed by atoms with Crippen molar-refractivity contribution < 1.29 is 14.0 Å². The Morgan fingerprint density at radius 3 is 2.52 bits per heavy atom. The summed E-state index contributed by atoms with van der Waals surface area (Å²) in [5, 5.41) is 2.49. The van der Waals surface area contributed by atoms with Crippen molar-refractivity contribution >= 4 is 11.8 Å². The quantitative estimate of drug-likeness (QED) is 0.847. The molecule has 0 spiro atoms. The average molecular weight is 395 g/mol. The lowest BCUT2D eigenvalue weighted by Crippen LogP contribution is -2.42. The van der Waals surface area contributed by atoms with Gasteiger partial charge in [-0.2, -0.15) is 0 Å². The van der Waals surface area contributed by atoms with Crippen LogP contribution in [0.4, 0.5) is 4.39 Å². The molecule has 6 heteroatoms. The van der Waals surface area contributed by atoms with E-state index in [2.05, 4.69) is 10.2 Å². The highest BCUT2D eigenvalue weighted by Crippen LogP contribution is 2.28. The first kappa shape index (κ1) is 19.6. The topological polar surface area (TPSA) is 52.7 Å². The monoisotopic (exact) mass is 395 g/mol. The number of likely N-dealkylation sites (tertiary alicyclic amines) is 1. The lowest BCUT2D eigenvalue weighted by atomic mass is 9.93. The van der Waals surface area contributed by atoms with E-state index in [0.29, 0.717) is 17.7 Å².